The molecule has 1 atom stereocenters. The van der Waals surface area contributed by atoms with Crippen LogP contribution in [0.4, 0.5) is 0 Å². The van der Waals surface area contributed by atoms with Gasteiger partial charge in [-0.15, -0.1) is 0 Å². The molecule has 0 amide bonds. The van der Waals surface area contributed by atoms with Crippen LogP contribution >= 0.6 is 0 Å². The Morgan fingerprint density at radius 2 is 1.70 bits per heavy atom. The van der Waals surface area contributed by atoms with E-state index >= 15 is 0 Å². The molecule has 1 nitrogen and oxygen atoms in total. The maximum atomic E-state index is 5.82. The van der Waals surface area contributed by atoms with E-state index in [0.29, 0.717) is 5.92 Å². The van der Waals surface area contributed by atoms with Crippen molar-refractivity contribution in [2.24, 2.45) is 11.7 Å². The largest absolute Gasteiger partial charge is 0.404 e. The fourth-order valence-electron chi connectivity index (χ4n) is 3.04. The molecule has 0 heterocycles. The summed E-state index contributed by atoms with van der Waals surface area (Å²) < 4.78 is 0. The van der Waals surface area contributed by atoms with Gasteiger partial charge in [0.1, 0.15) is 0 Å². The molecule has 114 valence electrons. The summed E-state index contributed by atoms with van der Waals surface area (Å²) in [6.07, 6.45) is 21.8. The Kier molecular flexibility index (Phi) is 9.19. The number of nitrogens with two attached hydrogens (primary N) is 1. The van der Waals surface area contributed by atoms with Gasteiger partial charge in [0.25, 0.3) is 0 Å². The molecule has 1 rings (SSSR count). The van der Waals surface area contributed by atoms with Crippen LogP contribution in [0, 0.1) is 5.92 Å². The molecule has 1 aliphatic rings. The van der Waals surface area contributed by atoms with Gasteiger partial charge < -0.3 is 5.73 Å². The van der Waals surface area contributed by atoms with Crippen molar-refractivity contribution in [1.29, 1.82) is 0 Å². The first-order valence-corrected chi connectivity index (χ1v) is 8.62. The van der Waals surface area contributed by atoms with E-state index in [4.69, 9.17) is 5.73 Å². The fraction of sp³-hybridized carbons (Fsp3) is 0.684. The number of hydrogen-bond donors (Lipinski definition) is 1. The van der Waals surface area contributed by atoms with Crippen LogP contribution in [-0.2, 0) is 0 Å². The third-order valence-electron chi connectivity index (χ3n) is 4.31. The monoisotopic (exact) mass is 275 g/mol. The Hall–Kier alpha value is -0.980. The molecule has 2 N–H and O–H groups in total. The lowest BCUT2D eigenvalue weighted by Gasteiger charge is -2.24. The third kappa shape index (κ3) is 5.98. The van der Waals surface area contributed by atoms with Gasteiger partial charge in [0.15, 0.2) is 0 Å². The molecule has 0 spiro atoms. The van der Waals surface area contributed by atoms with Crippen LogP contribution in [0.5, 0.6) is 0 Å². The van der Waals surface area contributed by atoms with Gasteiger partial charge in [0, 0.05) is 5.92 Å². The van der Waals surface area contributed by atoms with Gasteiger partial charge in [0.05, 0.1) is 0 Å². The third-order valence-corrected chi connectivity index (χ3v) is 4.31. The summed E-state index contributed by atoms with van der Waals surface area (Å²) in [4.78, 5) is 0. The minimum Gasteiger partial charge on any atom is -0.404 e. The minimum atomic E-state index is 0.587. The van der Waals surface area contributed by atoms with Gasteiger partial charge in [-0.25, -0.2) is 0 Å². The predicted octanol–water partition coefficient (Wildman–Crippen LogP) is 5.88. The van der Waals surface area contributed by atoms with E-state index in [1.165, 1.54) is 69.8 Å². The smallest absolute Gasteiger partial charge is 0.00654 e. The summed E-state index contributed by atoms with van der Waals surface area (Å²) in [5, 5.41) is 0. The molecular weight excluding hydrogens is 242 g/mol. The summed E-state index contributed by atoms with van der Waals surface area (Å²) in [5.41, 5.74) is 8.76. The van der Waals surface area contributed by atoms with Crippen LogP contribution in [0.1, 0.15) is 78.1 Å². The first-order chi connectivity index (χ1) is 9.83. The average Bonchev–Trinajstić information content (AvgIpc) is 2.48. The van der Waals surface area contributed by atoms with Gasteiger partial charge in [-0.1, -0.05) is 82.6 Å². The summed E-state index contributed by atoms with van der Waals surface area (Å²) in [7, 11) is 0. The quantitative estimate of drug-likeness (QED) is 0.495. The van der Waals surface area contributed by atoms with Crippen LogP contribution in [0.25, 0.3) is 0 Å². The van der Waals surface area contributed by atoms with Crippen molar-refractivity contribution < 1.29 is 0 Å². The summed E-state index contributed by atoms with van der Waals surface area (Å²) in [5.74, 6) is 0.587. The van der Waals surface area contributed by atoms with E-state index in [1.54, 1.807) is 5.57 Å². The maximum absolute atomic E-state index is 5.82. The Labute approximate surface area is 126 Å². The topological polar surface area (TPSA) is 26.0 Å². The second-order valence-corrected chi connectivity index (χ2v) is 5.98. The molecule has 1 heteroatoms. The molecule has 0 aromatic heterocycles. The molecule has 1 aliphatic carbocycles. The lowest BCUT2D eigenvalue weighted by atomic mass is 9.81. The summed E-state index contributed by atoms with van der Waals surface area (Å²) >= 11 is 0. The van der Waals surface area contributed by atoms with Crippen molar-refractivity contribution in [2.75, 3.05) is 0 Å². The Bertz CT molecular complexity index is 336. The van der Waals surface area contributed by atoms with E-state index in [-0.39, 0.29) is 0 Å². The molecule has 1 unspecified atom stereocenters. The van der Waals surface area contributed by atoms with Crippen LogP contribution in [0.3, 0.4) is 0 Å². The van der Waals surface area contributed by atoms with Crippen molar-refractivity contribution in [3.05, 3.63) is 35.6 Å². The van der Waals surface area contributed by atoms with Crippen molar-refractivity contribution in [2.45, 2.75) is 78.1 Å². The lowest BCUT2D eigenvalue weighted by molar-refractivity contribution is 0.538. The summed E-state index contributed by atoms with van der Waals surface area (Å²) in [6.45, 7) is 4.54. The first kappa shape index (κ1) is 17.1. The Balaban J connectivity index is 2.49. The molecule has 0 fully saturated rings. The molecule has 0 bridgehead atoms. The summed E-state index contributed by atoms with van der Waals surface area (Å²) in [6, 6.07) is 0. The van der Waals surface area contributed by atoms with Gasteiger partial charge in [-0.05, 0) is 31.0 Å². The minimum absolute atomic E-state index is 0.587. The maximum Gasteiger partial charge on any atom is 0.00654 e. The second-order valence-electron chi connectivity index (χ2n) is 5.98. The molecule has 0 aromatic rings. The van der Waals surface area contributed by atoms with Crippen LogP contribution in [-0.4, -0.2) is 0 Å². The normalized spacial score (nSPS) is 20.4. The number of hydrogen-bond acceptors (Lipinski definition) is 1. The second kappa shape index (κ2) is 10.8. The fourth-order valence-corrected chi connectivity index (χ4v) is 3.04. The van der Waals surface area contributed by atoms with Crippen molar-refractivity contribution in [1.82, 2.24) is 0 Å². The van der Waals surface area contributed by atoms with E-state index in [0.717, 1.165) is 0 Å². The highest BCUT2D eigenvalue weighted by Crippen LogP contribution is 2.33. The van der Waals surface area contributed by atoms with Crippen molar-refractivity contribution in [3.63, 3.8) is 0 Å². The molecule has 0 saturated carbocycles. The van der Waals surface area contributed by atoms with Gasteiger partial charge in [-0.3, -0.25) is 0 Å². The zero-order valence-electron chi connectivity index (χ0n) is 13.5. The van der Waals surface area contributed by atoms with Crippen molar-refractivity contribution >= 4 is 0 Å². The number of rotatable bonds is 10. The highest BCUT2D eigenvalue weighted by Gasteiger charge is 2.18. The van der Waals surface area contributed by atoms with Gasteiger partial charge in [0.2, 0.25) is 0 Å². The molecular formula is C19H33N. The Morgan fingerprint density at radius 3 is 2.35 bits per heavy atom. The van der Waals surface area contributed by atoms with Crippen LogP contribution in [0.15, 0.2) is 35.6 Å². The molecule has 0 aliphatic heterocycles. The highest BCUT2D eigenvalue weighted by molar-refractivity contribution is 5.37. The van der Waals surface area contributed by atoms with Crippen LogP contribution in [0.2, 0.25) is 0 Å². The van der Waals surface area contributed by atoms with Gasteiger partial charge in [-0.2, -0.15) is 0 Å². The molecule has 0 radical (unpaired) electrons. The number of allylic oxidation sites excluding steroid dienone is 5. The molecule has 0 aromatic carbocycles. The zero-order valence-corrected chi connectivity index (χ0v) is 13.5. The van der Waals surface area contributed by atoms with E-state index in [1.807, 2.05) is 6.20 Å². The molecule has 0 saturated heterocycles. The Morgan fingerprint density at radius 1 is 1.00 bits per heavy atom. The van der Waals surface area contributed by atoms with Crippen LogP contribution < -0.4 is 5.73 Å². The van der Waals surface area contributed by atoms with Crippen molar-refractivity contribution in [3.8, 4) is 0 Å². The highest BCUT2D eigenvalue weighted by atomic mass is 14.5. The molecule has 20 heavy (non-hydrogen) atoms. The predicted molar refractivity (Wildman–Crippen MR) is 90.5 cm³/mol. The standard InChI is InChI=1S/C19H33N/c1-3-5-7-9-12-17-13-11-14-18(16-20)19(17)15-10-8-6-4-2/h11,13-14,16,19H,3-10,12,15,20H2,1-2H3. The van der Waals surface area contributed by atoms with E-state index < -0.39 is 0 Å². The average molecular weight is 275 g/mol. The SMILES string of the molecule is CCCCCCC1=CC=CC(=CN)C1CCCCCC. The zero-order chi connectivity index (χ0) is 14.6. The number of unbranched alkanes of at least 4 members (excludes halogenated alkanes) is 6. The lowest BCUT2D eigenvalue weighted by Crippen LogP contribution is -2.11. The van der Waals surface area contributed by atoms with Gasteiger partial charge >= 0.3 is 0 Å². The van der Waals surface area contributed by atoms with E-state index in [2.05, 4.69) is 32.1 Å². The first-order valence-electron chi connectivity index (χ1n) is 8.62. The van der Waals surface area contributed by atoms with E-state index in [9.17, 15) is 0 Å².